The van der Waals surface area contributed by atoms with Gasteiger partial charge in [-0.3, -0.25) is 4.79 Å². The van der Waals surface area contributed by atoms with Crippen LogP contribution in [-0.4, -0.2) is 10.9 Å². The number of anilines is 1. The maximum absolute atomic E-state index is 11.8. The summed E-state index contributed by atoms with van der Waals surface area (Å²) in [7, 11) is 0. The summed E-state index contributed by atoms with van der Waals surface area (Å²) in [6, 6.07) is 19.7. The number of benzene rings is 2. The van der Waals surface area contributed by atoms with Gasteiger partial charge in [0.1, 0.15) is 17.6 Å². The number of pyridine rings is 1. The van der Waals surface area contributed by atoms with E-state index in [4.69, 9.17) is 9.47 Å². The fraction of sp³-hybridized carbons (Fsp3) is 0.240. The number of aryl methyl sites for hydroxylation is 1. The van der Waals surface area contributed by atoms with Crippen LogP contribution in [0.25, 0.3) is 0 Å². The van der Waals surface area contributed by atoms with Crippen molar-refractivity contribution < 1.29 is 14.3 Å². The molecule has 4 rings (SSSR count). The minimum Gasteiger partial charge on any atom is -0.485 e. The van der Waals surface area contributed by atoms with Crippen molar-refractivity contribution in [2.45, 2.75) is 32.8 Å². The van der Waals surface area contributed by atoms with Gasteiger partial charge in [0.25, 0.3) is 0 Å². The molecule has 1 aliphatic rings. The number of rotatable bonds is 6. The summed E-state index contributed by atoms with van der Waals surface area (Å²) < 4.78 is 12.1. The molecule has 0 bridgehead atoms. The van der Waals surface area contributed by atoms with Crippen LogP contribution in [0, 0.1) is 12.3 Å². The fourth-order valence-electron chi connectivity index (χ4n) is 3.45. The molecule has 153 valence electrons. The molecule has 1 N–H and O–H groups in total. The molecule has 0 spiro atoms. The smallest absolute Gasteiger partial charge is 0.228 e. The molecule has 2 heterocycles. The largest absolute Gasteiger partial charge is 0.485 e. The van der Waals surface area contributed by atoms with E-state index < -0.39 is 0 Å². The topological polar surface area (TPSA) is 60.5 Å². The van der Waals surface area contributed by atoms with Crippen LogP contribution in [0.5, 0.6) is 17.4 Å². The van der Waals surface area contributed by atoms with Crippen LogP contribution in [0.15, 0.2) is 66.9 Å². The Hall–Kier alpha value is -3.34. The minimum absolute atomic E-state index is 0.0860. The summed E-state index contributed by atoms with van der Waals surface area (Å²) in [4.78, 5) is 16.1. The molecule has 2 aromatic carbocycles. The van der Waals surface area contributed by atoms with Gasteiger partial charge >= 0.3 is 0 Å². The summed E-state index contributed by atoms with van der Waals surface area (Å²) >= 11 is 0. The lowest BCUT2D eigenvalue weighted by molar-refractivity contribution is -0.113. The summed E-state index contributed by atoms with van der Waals surface area (Å²) in [5, 5.41) is 2.79. The molecule has 1 atom stereocenters. The summed E-state index contributed by atoms with van der Waals surface area (Å²) in [6.07, 6.45) is 5.16. The molecule has 3 aromatic rings. The molecule has 5 heteroatoms. The van der Waals surface area contributed by atoms with Crippen LogP contribution in [0.2, 0.25) is 0 Å². The standard InChI is InChI=1S/C25H25N2O3/c1-17(2)14-24(28)27-20-9-13-25(26-16-20)29-21-10-12-23-19(15-21)8-11-22(30-23)18-6-4-3-5-7-18/h3-7,9-10,12-17,22H,8,11H2,1-2H3,(H,27,28)/t22-/m1/s1. The maximum Gasteiger partial charge on any atom is 0.228 e. The number of carbonyl (C=O) groups is 1. The van der Waals surface area contributed by atoms with Crippen LogP contribution < -0.4 is 14.8 Å². The van der Waals surface area contributed by atoms with Crippen molar-refractivity contribution in [2.75, 3.05) is 5.32 Å². The highest BCUT2D eigenvalue weighted by molar-refractivity contribution is 5.97. The average Bonchev–Trinajstić information content (AvgIpc) is 2.75. The lowest BCUT2D eigenvalue weighted by atomic mass is 9.97. The Bertz CT molecular complexity index is 1000. The molecule has 1 radical (unpaired) electrons. The Labute approximate surface area is 177 Å². The molecule has 0 saturated heterocycles. The van der Waals surface area contributed by atoms with E-state index in [0.29, 0.717) is 17.3 Å². The first-order valence-corrected chi connectivity index (χ1v) is 10.2. The lowest BCUT2D eigenvalue weighted by Crippen LogP contribution is -2.15. The van der Waals surface area contributed by atoms with Gasteiger partial charge in [0.05, 0.1) is 18.3 Å². The van der Waals surface area contributed by atoms with Gasteiger partial charge in [0.2, 0.25) is 11.8 Å². The normalized spacial score (nSPS) is 15.2. The number of carbonyl (C=O) groups excluding carboxylic acids is 1. The van der Waals surface area contributed by atoms with Gasteiger partial charge in [-0.1, -0.05) is 44.2 Å². The molecule has 0 aliphatic carbocycles. The van der Waals surface area contributed by atoms with Crippen molar-refractivity contribution in [3.63, 3.8) is 0 Å². The lowest BCUT2D eigenvalue weighted by Gasteiger charge is -2.26. The van der Waals surface area contributed by atoms with Crippen molar-refractivity contribution in [3.8, 4) is 17.4 Å². The number of hydrogen-bond donors (Lipinski definition) is 1. The van der Waals surface area contributed by atoms with E-state index in [9.17, 15) is 4.79 Å². The molecule has 5 nitrogen and oxygen atoms in total. The van der Waals surface area contributed by atoms with Crippen LogP contribution in [0.1, 0.15) is 37.5 Å². The number of amides is 1. The Balaban J connectivity index is 1.39. The Morgan fingerprint density at radius 1 is 1.17 bits per heavy atom. The van der Waals surface area contributed by atoms with Crippen LogP contribution in [0.4, 0.5) is 5.69 Å². The second-order valence-corrected chi connectivity index (χ2v) is 7.71. The number of ether oxygens (including phenoxy) is 2. The Kier molecular flexibility index (Phi) is 5.98. The van der Waals surface area contributed by atoms with Gasteiger partial charge in [0, 0.05) is 6.07 Å². The molecule has 0 saturated carbocycles. The first-order chi connectivity index (χ1) is 14.6. The van der Waals surface area contributed by atoms with Gasteiger partial charge in [0.15, 0.2) is 0 Å². The summed E-state index contributed by atoms with van der Waals surface area (Å²) in [5.41, 5.74) is 2.97. The van der Waals surface area contributed by atoms with Crippen molar-refractivity contribution in [1.29, 1.82) is 0 Å². The van der Waals surface area contributed by atoms with E-state index in [1.165, 1.54) is 5.56 Å². The average molecular weight is 401 g/mol. The number of hydrogen-bond acceptors (Lipinski definition) is 4. The van der Waals surface area contributed by atoms with Gasteiger partial charge in [-0.25, -0.2) is 4.98 Å². The quantitative estimate of drug-likeness (QED) is 0.572. The van der Waals surface area contributed by atoms with Crippen LogP contribution in [0.3, 0.4) is 0 Å². The highest BCUT2D eigenvalue weighted by Gasteiger charge is 2.21. The van der Waals surface area contributed by atoms with Gasteiger partial charge in [-0.2, -0.15) is 0 Å². The Morgan fingerprint density at radius 2 is 2.00 bits per heavy atom. The maximum atomic E-state index is 11.8. The van der Waals surface area contributed by atoms with Gasteiger partial charge in [-0.15, -0.1) is 0 Å². The zero-order valence-corrected chi connectivity index (χ0v) is 17.2. The van der Waals surface area contributed by atoms with E-state index in [1.54, 1.807) is 24.8 Å². The fourth-order valence-corrected chi connectivity index (χ4v) is 3.45. The van der Waals surface area contributed by atoms with E-state index >= 15 is 0 Å². The third-order valence-electron chi connectivity index (χ3n) is 4.86. The predicted octanol–water partition coefficient (Wildman–Crippen LogP) is 5.74. The van der Waals surface area contributed by atoms with Crippen molar-refractivity contribution in [2.24, 2.45) is 5.92 Å². The van der Waals surface area contributed by atoms with Crippen LogP contribution in [-0.2, 0) is 11.2 Å². The number of fused-ring (bicyclic) bond motifs is 1. The predicted molar refractivity (Wildman–Crippen MR) is 117 cm³/mol. The summed E-state index contributed by atoms with van der Waals surface area (Å²) in [5.74, 6) is 2.14. The van der Waals surface area contributed by atoms with E-state index in [2.05, 4.69) is 22.4 Å². The molecule has 1 aromatic heterocycles. The molecule has 0 unspecified atom stereocenters. The van der Waals surface area contributed by atoms with Crippen molar-refractivity contribution in [3.05, 3.63) is 84.4 Å². The van der Waals surface area contributed by atoms with E-state index in [0.717, 1.165) is 24.2 Å². The monoisotopic (exact) mass is 401 g/mol. The number of nitrogens with zero attached hydrogens (tertiary/aromatic N) is 1. The first-order valence-electron chi connectivity index (χ1n) is 10.2. The molecular weight excluding hydrogens is 376 g/mol. The highest BCUT2D eigenvalue weighted by atomic mass is 16.5. The van der Waals surface area contributed by atoms with E-state index in [1.807, 2.05) is 50.2 Å². The number of aromatic nitrogens is 1. The third kappa shape index (κ3) is 4.98. The third-order valence-corrected chi connectivity index (χ3v) is 4.86. The highest BCUT2D eigenvalue weighted by Crippen LogP contribution is 2.37. The molecule has 1 amide bonds. The Morgan fingerprint density at radius 3 is 2.73 bits per heavy atom. The van der Waals surface area contributed by atoms with Crippen molar-refractivity contribution >= 4 is 11.6 Å². The zero-order valence-electron chi connectivity index (χ0n) is 17.2. The van der Waals surface area contributed by atoms with Crippen molar-refractivity contribution in [1.82, 2.24) is 4.98 Å². The van der Waals surface area contributed by atoms with Gasteiger partial charge in [-0.05, 0) is 54.2 Å². The second kappa shape index (κ2) is 8.99. The zero-order chi connectivity index (χ0) is 20.9. The SMILES string of the molecule is CC(C)[CH]C(=O)Nc1ccc(Oc2ccc3c(c2)CC[C@H](c2ccccc2)O3)nc1. The molecule has 1 aliphatic heterocycles. The van der Waals surface area contributed by atoms with E-state index in [-0.39, 0.29) is 17.9 Å². The summed E-state index contributed by atoms with van der Waals surface area (Å²) in [6.45, 7) is 3.92. The number of nitrogens with one attached hydrogen (secondary N) is 1. The first kappa shape index (κ1) is 20.0. The van der Waals surface area contributed by atoms with Crippen LogP contribution >= 0.6 is 0 Å². The molecule has 0 fully saturated rings. The molecule has 30 heavy (non-hydrogen) atoms. The minimum atomic E-state index is -0.135. The molecular formula is C25H25N2O3. The second-order valence-electron chi connectivity index (χ2n) is 7.71. The van der Waals surface area contributed by atoms with Gasteiger partial charge < -0.3 is 14.8 Å².